The van der Waals surface area contributed by atoms with Crippen LogP contribution in [0.4, 0.5) is 13.2 Å². The van der Waals surface area contributed by atoms with Crippen LogP contribution in [0.5, 0.6) is 0 Å². The van der Waals surface area contributed by atoms with E-state index in [0.717, 1.165) is 5.56 Å². The van der Waals surface area contributed by atoms with E-state index in [1.54, 1.807) is 0 Å². The standard InChI is InChI=1S/C15H14F3N3O/c16-15(17,18)13-11-9-21(8-10-4-2-1-3-5-10)7-6-12(11)19-14(22)20-13/h1-5H,6-9H2,(H,19,20,22). The normalized spacial score (nSPS) is 15.6. The summed E-state index contributed by atoms with van der Waals surface area (Å²) in [5.41, 5.74) is -0.547. The third-order valence-electron chi connectivity index (χ3n) is 3.70. The number of aromatic nitrogens is 2. The van der Waals surface area contributed by atoms with Crippen molar-refractivity contribution in [3.05, 3.63) is 63.3 Å². The minimum atomic E-state index is -4.62. The predicted molar refractivity (Wildman–Crippen MR) is 74.1 cm³/mol. The van der Waals surface area contributed by atoms with Crippen LogP contribution in [0.15, 0.2) is 35.1 Å². The number of hydrogen-bond acceptors (Lipinski definition) is 3. The fourth-order valence-corrected chi connectivity index (χ4v) is 2.71. The zero-order valence-corrected chi connectivity index (χ0v) is 11.7. The Bertz CT molecular complexity index is 725. The van der Waals surface area contributed by atoms with Gasteiger partial charge in [0, 0.05) is 37.3 Å². The van der Waals surface area contributed by atoms with Crippen LogP contribution in [-0.4, -0.2) is 21.4 Å². The van der Waals surface area contributed by atoms with Gasteiger partial charge in [-0.2, -0.15) is 18.2 Å². The maximum absolute atomic E-state index is 13.1. The molecule has 0 bridgehead atoms. The van der Waals surface area contributed by atoms with Crippen molar-refractivity contribution in [1.82, 2.24) is 14.9 Å². The highest BCUT2D eigenvalue weighted by Gasteiger charge is 2.38. The first-order valence-corrected chi connectivity index (χ1v) is 6.89. The van der Waals surface area contributed by atoms with Crippen molar-refractivity contribution in [2.75, 3.05) is 6.54 Å². The van der Waals surface area contributed by atoms with Crippen molar-refractivity contribution >= 4 is 0 Å². The second-order valence-corrected chi connectivity index (χ2v) is 5.29. The maximum Gasteiger partial charge on any atom is 0.433 e. The fourth-order valence-electron chi connectivity index (χ4n) is 2.71. The summed E-state index contributed by atoms with van der Waals surface area (Å²) in [5, 5.41) is 0. The van der Waals surface area contributed by atoms with Crippen molar-refractivity contribution in [3.8, 4) is 0 Å². The first-order valence-electron chi connectivity index (χ1n) is 6.89. The fraction of sp³-hybridized carbons (Fsp3) is 0.333. The number of benzene rings is 1. The van der Waals surface area contributed by atoms with Crippen LogP contribution >= 0.6 is 0 Å². The molecule has 4 nitrogen and oxygen atoms in total. The average molecular weight is 309 g/mol. The molecule has 0 saturated carbocycles. The molecule has 0 unspecified atom stereocenters. The Kier molecular flexibility index (Phi) is 3.74. The molecule has 7 heteroatoms. The monoisotopic (exact) mass is 309 g/mol. The summed E-state index contributed by atoms with van der Waals surface area (Å²) < 4.78 is 39.2. The molecule has 3 rings (SSSR count). The highest BCUT2D eigenvalue weighted by molar-refractivity contribution is 5.29. The summed E-state index contributed by atoms with van der Waals surface area (Å²) in [5.74, 6) is 0. The Morgan fingerprint density at radius 3 is 2.64 bits per heavy atom. The summed E-state index contributed by atoms with van der Waals surface area (Å²) in [6, 6.07) is 9.56. The van der Waals surface area contributed by atoms with E-state index < -0.39 is 17.6 Å². The summed E-state index contributed by atoms with van der Waals surface area (Å²) in [6.45, 7) is 1.29. The molecule has 1 aliphatic heterocycles. The molecular weight excluding hydrogens is 295 g/mol. The first kappa shape index (κ1) is 14.8. The van der Waals surface area contributed by atoms with Crippen LogP contribution in [0.3, 0.4) is 0 Å². The molecule has 2 aromatic rings. The van der Waals surface area contributed by atoms with E-state index in [4.69, 9.17) is 0 Å². The maximum atomic E-state index is 13.1. The largest absolute Gasteiger partial charge is 0.433 e. The molecule has 0 aliphatic carbocycles. The molecule has 116 valence electrons. The minimum absolute atomic E-state index is 0.0780. The van der Waals surface area contributed by atoms with Crippen molar-refractivity contribution in [3.63, 3.8) is 0 Å². The van der Waals surface area contributed by atoms with E-state index >= 15 is 0 Å². The average Bonchev–Trinajstić information content (AvgIpc) is 2.47. The van der Waals surface area contributed by atoms with Crippen LogP contribution in [0.1, 0.15) is 22.5 Å². The zero-order valence-electron chi connectivity index (χ0n) is 11.7. The molecule has 0 fully saturated rings. The van der Waals surface area contributed by atoms with Gasteiger partial charge < -0.3 is 4.98 Å². The molecule has 0 radical (unpaired) electrons. The van der Waals surface area contributed by atoms with Crippen LogP contribution < -0.4 is 5.69 Å². The van der Waals surface area contributed by atoms with Crippen LogP contribution in [-0.2, 0) is 25.7 Å². The number of fused-ring (bicyclic) bond motifs is 1. The number of nitrogens with one attached hydrogen (secondary N) is 1. The van der Waals surface area contributed by atoms with Crippen molar-refractivity contribution < 1.29 is 13.2 Å². The van der Waals surface area contributed by atoms with Crippen molar-refractivity contribution in [1.29, 1.82) is 0 Å². The van der Waals surface area contributed by atoms with Gasteiger partial charge in [-0.3, -0.25) is 4.90 Å². The van der Waals surface area contributed by atoms with Gasteiger partial charge in [0.2, 0.25) is 0 Å². The number of H-pyrrole nitrogens is 1. The van der Waals surface area contributed by atoms with Gasteiger partial charge >= 0.3 is 11.9 Å². The quantitative estimate of drug-likeness (QED) is 0.926. The van der Waals surface area contributed by atoms with Gasteiger partial charge in [0.25, 0.3) is 0 Å². The Morgan fingerprint density at radius 2 is 1.95 bits per heavy atom. The summed E-state index contributed by atoms with van der Waals surface area (Å²) in [6.07, 6.45) is -4.24. The van der Waals surface area contributed by atoms with Gasteiger partial charge in [-0.15, -0.1) is 0 Å². The number of halogens is 3. The molecule has 1 aliphatic rings. The van der Waals surface area contributed by atoms with Crippen molar-refractivity contribution in [2.45, 2.75) is 25.7 Å². The highest BCUT2D eigenvalue weighted by Crippen LogP contribution is 2.32. The van der Waals surface area contributed by atoms with E-state index in [1.165, 1.54) is 0 Å². The third-order valence-corrected chi connectivity index (χ3v) is 3.70. The van der Waals surface area contributed by atoms with Gasteiger partial charge in [-0.1, -0.05) is 30.3 Å². The third kappa shape index (κ3) is 3.04. The van der Waals surface area contributed by atoms with Crippen LogP contribution in [0, 0.1) is 0 Å². The van der Waals surface area contributed by atoms with Crippen molar-refractivity contribution in [2.24, 2.45) is 0 Å². The highest BCUT2D eigenvalue weighted by atomic mass is 19.4. The van der Waals surface area contributed by atoms with Crippen LogP contribution in [0.25, 0.3) is 0 Å². The van der Waals surface area contributed by atoms with E-state index in [-0.39, 0.29) is 12.1 Å². The molecule has 22 heavy (non-hydrogen) atoms. The molecule has 1 N–H and O–H groups in total. The Morgan fingerprint density at radius 1 is 1.23 bits per heavy atom. The summed E-state index contributed by atoms with van der Waals surface area (Å²) >= 11 is 0. The lowest BCUT2D eigenvalue weighted by Crippen LogP contribution is -2.35. The smallest absolute Gasteiger partial charge is 0.309 e. The molecule has 0 saturated heterocycles. The lowest BCUT2D eigenvalue weighted by atomic mass is 10.0. The van der Waals surface area contributed by atoms with E-state index in [0.29, 0.717) is 25.2 Å². The predicted octanol–water partition coefficient (Wildman–Crippen LogP) is 2.35. The molecular formula is C15H14F3N3O. The molecule has 0 atom stereocenters. The van der Waals surface area contributed by atoms with Gasteiger partial charge in [0.15, 0.2) is 5.69 Å². The Balaban J connectivity index is 1.90. The second-order valence-electron chi connectivity index (χ2n) is 5.29. The second kappa shape index (κ2) is 5.57. The molecule has 1 aromatic heterocycles. The summed E-state index contributed by atoms with van der Waals surface area (Å²) in [7, 11) is 0. The van der Waals surface area contributed by atoms with Gasteiger partial charge in [0.05, 0.1) is 0 Å². The van der Waals surface area contributed by atoms with Gasteiger partial charge in [-0.05, 0) is 5.56 Å². The topological polar surface area (TPSA) is 49.0 Å². The molecule has 0 amide bonds. The van der Waals surface area contributed by atoms with E-state index in [9.17, 15) is 18.0 Å². The summed E-state index contributed by atoms with van der Waals surface area (Å²) in [4.78, 5) is 18.8. The Hall–Kier alpha value is -2.15. The lowest BCUT2D eigenvalue weighted by molar-refractivity contribution is -0.142. The van der Waals surface area contributed by atoms with E-state index in [2.05, 4.69) is 9.97 Å². The lowest BCUT2D eigenvalue weighted by Gasteiger charge is -2.29. The minimum Gasteiger partial charge on any atom is -0.309 e. The molecule has 1 aromatic carbocycles. The number of nitrogens with zero attached hydrogens (tertiary/aromatic N) is 2. The zero-order chi connectivity index (χ0) is 15.7. The van der Waals surface area contributed by atoms with E-state index in [1.807, 2.05) is 35.2 Å². The number of alkyl halides is 3. The SMILES string of the molecule is O=c1nc(C(F)(F)F)c2c([nH]1)CCN(Cc1ccccc1)C2. The molecule has 0 spiro atoms. The van der Waals surface area contributed by atoms with Crippen LogP contribution in [0.2, 0.25) is 0 Å². The number of hydrogen-bond donors (Lipinski definition) is 1. The first-order chi connectivity index (χ1) is 10.4. The van der Waals surface area contributed by atoms with Gasteiger partial charge in [0.1, 0.15) is 0 Å². The number of rotatable bonds is 2. The number of aromatic amines is 1. The molecule has 2 heterocycles. The Labute approximate surface area is 124 Å². The van der Waals surface area contributed by atoms with Gasteiger partial charge in [-0.25, -0.2) is 4.79 Å².